The quantitative estimate of drug-likeness (QED) is 0.576. The summed E-state index contributed by atoms with van der Waals surface area (Å²) in [7, 11) is 0. The van der Waals surface area contributed by atoms with Crippen LogP contribution in [0.15, 0.2) is 36.4 Å². The highest BCUT2D eigenvalue weighted by molar-refractivity contribution is 6.00. The van der Waals surface area contributed by atoms with Crippen molar-refractivity contribution in [1.29, 1.82) is 0 Å². The Labute approximate surface area is 174 Å². The Morgan fingerprint density at radius 2 is 1.93 bits per heavy atom. The molecule has 2 heterocycles. The number of carboxylic acids is 1. The van der Waals surface area contributed by atoms with E-state index >= 15 is 4.39 Å². The molecule has 3 unspecified atom stereocenters. The van der Waals surface area contributed by atoms with Crippen LogP contribution in [0.3, 0.4) is 0 Å². The summed E-state index contributed by atoms with van der Waals surface area (Å²) < 4.78 is 22.6. The first-order valence-corrected chi connectivity index (χ1v) is 10.4. The van der Waals surface area contributed by atoms with Crippen LogP contribution in [0.1, 0.15) is 54.4 Å². The van der Waals surface area contributed by atoms with E-state index in [1.807, 2.05) is 13.0 Å². The molecule has 6 nitrogen and oxygen atoms in total. The molecule has 0 radical (unpaired) electrons. The number of ketones is 1. The number of aryl methyl sites for hydroxylation is 1. The lowest BCUT2D eigenvalue weighted by Crippen LogP contribution is -2.31. The van der Waals surface area contributed by atoms with E-state index in [4.69, 9.17) is 4.74 Å². The molecular formula is C23H25FN2O4. The number of aromatic nitrogens is 2. The summed E-state index contributed by atoms with van der Waals surface area (Å²) in [5, 5.41) is 14.0. The number of Topliss-reactive ketones (excluding diaryl/α,β-unsaturated/α-hetero) is 1. The van der Waals surface area contributed by atoms with E-state index in [0.29, 0.717) is 18.6 Å². The van der Waals surface area contributed by atoms with Crippen LogP contribution in [0.4, 0.5) is 4.39 Å². The van der Waals surface area contributed by atoms with E-state index in [9.17, 15) is 14.7 Å². The fourth-order valence-electron chi connectivity index (χ4n) is 4.32. The number of carbonyl (C=O) groups is 2. The fourth-order valence-corrected chi connectivity index (χ4v) is 4.32. The summed E-state index contributed by atoms with van der Waals surface area (Å²) in [5.74, 6) is -3.71. The molecule has 0 spiro atoms. The summed E-state index contributed by atoms with van der Waals surface area (Å²) in [6.07, 6.45) is 6.87. The van der Waals surface area contributed by atoms with E-state index < -0.39 is 29.4 Å². The molecule has 2 aromatic rings. The van der Waals surface area contributed by atoms with Crippen molar-refractivity contribution in [3.63, 3.8) is 0 Å². The molecule has 158 valence electrons. The van der Waals surface area contributed by atoms with Crippen molar-refractivity contribution >= 4 is 11.8 Å². The number of carboxylic acid groups (broad SMARTS) is 1. The largest absolute Gasteiger partial charge is 0.481 e. The monoisotopic (exact) mass is 412 g/mol. The maximum absolute atomic E-state index is 15.0. The third kappa shape index (κ3) is 3.94. The number of nitrogens with zero attached hydrogens (tertiary/aromatic N) is 2. The van der Waals surface area contributed by atoms with E-state index in [0.717, 1.165) is 30.7 Å². The Hall–Kier alpha value is -2.80. The van der Waals surface area contributed by atoms with Crippen molar-refractivity contribution in [3.05, 3.63) is 53.5 Å². The van der Waals surface area contributed by atoms with Crippen LogP contribution >= 0.6 is 0 Å². The normalized spacial score (nSPS) is 24.0. The molecule has 1 aliphatic carbocycles. The number of hydrogen-bond donors (Lipinski definition) is 1. The molecule has 0 amide bonds. The Morgan fingerprint density at radius 1 is 1.17 bits per heavy atom. The summed E-state index contributed by atoms with van der Waals surface area (Å²) in [4.78, 5) is 24.4. The highest BCUT2D eigenvalue weighted by Crippen LogP contribution is 2.33. The Kier molecular flexibility index (Phi) is 5.81. The first-order valence-electron chi connectivity index (χ1n) is 10.4. The zero-order chi connectivity index (χ0) is 21.3. The van der Waals surface area contributed by atoms with Gasteiger partial charge in [0.05, 0.1) is 22.9 Å². The number of benzene rings is 1. The number of halogens is 1. The van der Waals surface area contributed by atoms with Crippen LogP contribution in [0.25, 0.3) is 11.3 Å². The molecule has 0 bridgehead atoms. The van der Waals surface area contributed by atoms with Crippen LogP contribution < -0.4 is 0 Å². The number of ether oxygens (including phenoxy) is 1. The molecule has 7 heteroatoms. The maximum Gasteiger partial charge on any atom is 0.307 e. The van der Waals surface area contributed by atoms with Gasteiger partial charge < -0.3 is 9.84 Å². The average molecular weight is 412 g/mol. The number of aliphatic carboxylic acids is 1. The number of allylic oxidation sites excluding steroid dienone is 2. The van der Waals surface area contributed by atoms with Gasteiger partial charge in [-0.2, -0.15) is 5.10 Å². The lowest BCUT2D eigenvalue weighted by atomic mass is 9.78. The Morgan fingerprint density at radius 3 is 2.60 bits per heavy atom. The van der Waals surface area contributed by atoms with E-state index in [-0.39, 0.29) is 18.2 Å². The molecule has 3 atom stereocenters. The Balaban J connectivity index is 1.64. The molecule has 0 saturated carbocycles. The molecule has 30 heavy (non-hydrogen) atoms. The van der Waals surface area contributed by atoms with Crippen molar-refractivity contribution in [3.8, 4) is 11.3 Å². The molecule has 1 fully saturated rings. The minimum absolute atomic E-state index is 0.0676. The van der Waals surface area contributed by atoms with Gasteiger partial charge in [0.2, 0.25) is 0 Å². The molecule has 1 N–H and O–H groups in total. The Bertz CT molecular complexity index is 991. The molecule has 1 aromatic carbocycles. The van der Waals surface area contributed by atoms with Crippen LogP contribution in [-0.2, 0) is 9.53 Å². The van der Waals surface area contributed by atoms with Gasteiger partial charge in [0.1, 0.15) is 5.82 Å². The van der Waals surface area contributed by atoms with Crippen molar-refractivity contribution in [1.82, 2.24) is 9.78 Å². The van der Waals surface area contributed by atoms with Crippen molar-refractivity contribution in [2.45, 2.75) is 45.3 Å². The predicted octanol–water partition coefficient (Wildman–Crippen LogP) is 4.55. The van der Waals surface area contributed by atoms with Crippen LogP contribution in [-0.4, -0.2) is 33.2 Å². The van der Waals surface area contributed by atoms with Crippen LogP contribution in [0.5, 0.6) is 0 Å². The molecule has 1 aromatic heterocycles. The van der Waals surface area contributed by atoms with Gasteiger partial charge >= 0.3 is 5.97 Å². The number of carbonyl (C=O) groups excluding carboxylic acids is 1. The summed E-state index contributed by atoms with van der Waals surface area (Å²) >= 11 is 0. The van der Waals surface area contributed by atoms with E-state index in [1.165, 1.54) is 12.1 Å². The fraction of sp³-hybridized carbons (Fsp3) is 0.435. The van der Waals surface area contributed by atoms with Gasteiger partial charge in [0.25, 0.3) is 0 Å². The second-order valence-corrected chi connectivity index (χ2v) is 7.99. The highest BCUT2D eigenvalue weighted by atomic mass is 19.1. The first kappa shape index (κ1) is 20.5. The van der Waals surface area contributed by atoms with Gasteiger partial charge in [-0.15, -0.1) is 0 Å². The van der Waals surface area contributed by atoms with Gasteiger partial charge in [-0.1, -0.05) is 18.2 Å². The minimum Gasteiger partial charge on any atom is -0.481 e. The van der Waals surface area contributed by atoms with Gasteiger partial charge in [0, 0.05) is 18.1 Å². The van der Waals surface area contributed by atoms with Crippen LogP contribution in [0, 0.1) is 24.6 Å². The van der Waals surface area contributed by atoms with E-state index in [2.05, 4.69) is 5.10 Å². The maximum atomic E-state index is 15.0. The summed E-state index contributed by atoms with van der Waals surface area (Å²) in [5.41, 5.74) is 2.08. The topological polar surface area (TPSA) is 81.4 Å². The smallest absolute Gasteiger partial charge is 0.307 e. The zero-order valence-corrected chi connectivity index (χ0v) is 16.9. The molecule has 4 rings (SSSR count). The molecule has 2 aliphatic rings. The predicted molar refractivity (Wildman–Crippen MR) is 109 cm³/mol. The van der Waals surface area contributed by atoms with Crippen molar-refractivity contribution in [2.24, 2.45) is 11.8 Å². The average Bonchev–Trinajstić information content (AvgIpc) is 3.15. The van der Waals surface area contributed by atoms with Gasteiger partial charge in [-0.3, -0.25) is 9.59 Å². The second-order valence-electron chi connectivity index (χ2n) is 7.99. The third-order valence-corrected chi connectivity index (χ3v) is 5.90. The summed E-state index contributed by atoms with van der Waals surface area (Å²) in [6, 6.07) is 6.36. The van der Waals surface area contributed by atoms with Gasteiger partial charge in [-0.05, 0) is 57.2 Å². The highest BCUT2D eigenvalue weighted by Gasteiger charge is 2.35. The summed E-state index contributed by atoms with van der Waals surface area (Å²) in [6.45, 7) is 2.55. The minimum atomic E-state index is -1.03. The van der Waals surface area contributed by atoms with Gasteiger partial charge in [-0.25, -0.2) is 9.07 Å². The third-order valence-electron chi connectivity index (χ3n) is 5.90. The zero-order valence-electron chi connectivity index (χ0n) is 16.9. The van der Waals surface area contributed by atoms with Crippen LogP contribution in [0.2, 0.25) is 0 Å². The van der Waals surface area contributed by atoms with Crippen molar-refractivity contribution in [2.75, 3.05) is 6.61 Å². The lowest BCUT2D eigenvalue weighted by Gasteiger charge is -2.25. The first-order chi connectivity index (χ1) is 14.5. The standard InChI is InChI=1S/C23H25FN2O4/c1-14-12-20(26(25-14)21-8-4-5-11-30-21)15-9-10-18(19(24)13-15)22(27)16-6-2-3-7-17(16)23(28)29/h2-3,9-10,12-13,16-17,21H,4-8,11H2,1H3,(H,28,29). The lowest BCUT2D eigenvalue weighted by molar-refractivity contribution is -0.143. The van der Waals surface area contributed by atoms with Crippen molar-refractivity contribution < 1.29 is 23.8 Å². The van der Waals surface area contributed by atoms with Gasteiger partial charge in [0.15, 0.2) is 12.0 Å². The number of hydrogen-bond acceptors (Lipinski definition) is 4. The molecule has 1 aliphatic heterocycles. The SMILES string of the molecule is Cc1cc(-c2ccc(C(=O)C3CC=CCC3C(=O)O)c(F)c2)n(C2CCCCO2)n1. The second kappa shape index (κ2) is 8.52. The van der Waals surface area contributed by atoms with E-state index in [1.54, 1.807) is 22.9 Å². The molecular weight excluding hydrogens is 387 g/mol. The number of rotatable bonds is 5. The molecule has 1 saturated heterocycles.